The van der Waals surface area contributed by atoms with E-state index in [-0.39, 0.29) is 11.8 Å². The van der Waals surface area contributed by atoms with Crippen LogP contribution >= 0.6 is 0 Å². The SMILES string of the molecule is O=C(NCc1ccccn1)C1CCN(c2cncnc2N2CCOCC2)CC1. The highest BCUT2D eigenvalue weighted by Crippen LogP contribution is 2.30. The van der Waals surface area contributed by atoms with E-state index in [2.05, 4.69) is 30.1 Å². The van der Waals surface area contributed by atoms with Crippen LogP contribution in [0.2, 0.25) is 0 Å². The summed E-state index contributed by atoms with van der Waals surface area (Å²) < 4.78 is 5.45. The van der Waals surface area contributed by atoms with Gasteiger partial charge < -0.3 is 19.9 Å². The summed E-state index contributed by atoms with van der Waals surface area (Å²) in [5, 5.41) is 3.02. The van der Waals surface area contributed by atoms with Gasteiger partial charge in [-0.1, -0.05) is 6.07 Å². The zero-order valence-electron chi connectivity index (χ0n) is 16.0. The van der Waals surface area contributed by atoms with Crippen LogP contribution in [0.25, 0.3) is 0 Å². The number of hydrogen-bond acceptors (Lipinski definition) is 7. The fourth-order valence-electron chi connectivity index (χ4n) is 3.76. The van der Waals surface area contributed by atoms with Crippen LogP contribution in [0.15, 0.2) is 36.9 Å². The second kappa shape index (κ2) is 8.97. The average molecular weight is 382 g/mol. The van der Waals surface area contributed by atoms with Crippen LogP contribution in [0.3, 0.4) is 0 Å². The summed E-state index contributed by atoms with van der Waals surface area (Å²) in [6.45, 7) is 5.27. The first kappa shape index (κ1) is 18.6. The van der Waals surface area contributed by atoms with Gasteiger partial charge in [0, 0.05) is 38.3 Å². The average Bonchev–Trinajstić information content (AvgIpc) is 2.79. The Kier molecular flexibility index (Phi) is 5.96. The number of nitrogens with zero attached hydrogens (tertiary/aromatic N) is 5. The summed E-state index contributed by atoms with van der Waals surface area (Å²) in [7, 11) is 0. The topological polar surface area (TPSA) is 83.5 Å². The first-order chi connectivity index (χ1) is 13.8. The molecular weight excluding hydrogens is 356 g/mol. The first-order valence-electron chi connectivity index (χ1n) is 9.86. The van der Waals surface area contributed by atoms with Crippen molar-refractivity contribution >= 4 is 17.4 Å². The molecule has 2 aliphatic rings. The van der Waals surface area contributed by atoms with E-state index in [0.29, 0.717) is 6.54 Å². The number of hydrogen-bond donors (Lipinski definition) is 1. The number of nitrogens with one attached hydrogen (secondary N) is 1. The molecule has 8 heteroatoms. The molecule has 1 amide bonds. The summed E-state index contributed by atoms with van der Waals surface area (Å²) in [4.78, 5) is 30.1. The van der Waals surface area contributed by atoms with Crippen molar-refractivity contribution in [3.8, 4) is 0 Å². The van der Waals surface area contributed by atoms with Gasteiger partial charge in [0.25, 0.3) is 0 Å². The van der Waals surface area contributed by atoms with E-state index in [9.17, 15) is 4.79 Å². The Hall–Kier alpha value is -2.74. The Bertz CT molecular complexity index is 773. The minimum atomic E-state index is 0.0384. The van der Waals surface area contributed by atoms with Crippen LogP contribution in [-0.2, 0) is 16.1 Å². The summed E-state index contributed by atoms with van der Waals surface area (Å²) in [6, 6.07) is 5.73. The van der Waals surface area contributed by atoms with Gasteiger partial charge in [0.2, 0.25) is 5.91 Å². The van der Waals surface area contributed by atoms with Crippen LogP contribution in [0.4, 0.5) is 11.5 Å². The van der Waals surface area contributed by atoms with Gasteiger partial charge in [0.1, 0.15) is 6.33 Å². The Morgan fingerprint density at radius 3 is 2.68 bits per heavy atom. The molecule has 0 radical (unpaired) electrons. The third-order valence-corrected chi connectivity index (χ3v) is 5.36. The monoisotopic (exact) mass is 382 g/mol. The number of rotatable bonds is 5. The molecule has 1 N–H and O–H groups in total. The van der Waals surface area contributed by atoms with E-state index in [0.717, 1.165) is 69.4 Å². The molecule has 2 aromatic rings. The minimum absolute atomic E-state index is 0.0384. The molecule has 0 bridgehead atoms. The second-order valence-corrected chi connectivity index (χ2v) is 7.13. The fraction of sp³-hybridized carbons (Fsp3) is 0.500. The highest BCUT2D eigenvalue weighted by molar-refractivity contribution is 5.79. The lowest BCUT2D eigenvalue weighted by Gasteiger charge is -2.36. The maximum absolute atomic E-state index is 12.5. The van der Waals surface area contributed by atoms with Crippen molar-refractivity contribution in [1.82, 2.24) is 20.3 Å². The van der Waals surface area contributed by atoms with Gasteiger partial charge in [-0.2, -0.15) is 0 Å². The van der Waals surface area contributed by atoms with Crippen LogP contribution in [0.5, 0.6) is 0 Å². The molecule has 2 aliphatic heterocycles. The highest BCUT2D eigenvalue weighted by Gasteiger charge is 2.27. The number of piperidine rings is 1. The number of morpholine rings is 1. The van der Waals surface area contributed by atoms with Crippen molar-refractivity contribution in [2.24, 2.45) is 5.92 Å². The number of pyridine rings is 1. The molecule has 28 heavy (non-hydrogen) atoms. The van der Waals surface area contributed by atoms with E-state index in [1.54, 1.807) is 12.5 Å². The lowest BCUT2D eigenvalue weighted by Crippen LogP contribution is -2.42. The van der Waals surface area contributed by atoms with E-state index in [4.69, 9.17) is 4.74 Å². The van der Waals surface area contributed by atoms with Crippen LogP contribution in [-0.4, -0.2) is 60.3 Å². The quantitative estimate of drug-likeness (QED) is 0.833. The lowest BCUT2D eigenvalue weighted by atomic mass is 9.95. The van der Waals surface area contributed by atoms with Gasteiger partial charge in [0.15, 0.2) is 5.82 Å². The number of anilines is 2. The molecule has 2 saturated heterocycles. The Morgan fingerprint density at radius 2 is 1.93 bits per heavy atom. The van der Waals surface area contributed by atoms with E-state index in [1.165, 1.54) is 0 Å². The normalized spacial score (nSPS) is 18.1. The molecule has 0 aliphatic carbocycles. The van der Waals surface area contributed by atoms with Gasteiger partial charge in [-0.3, -0.25) is 9.78 Å². The molecule has 8 nitrogen and oxygen atoms in total. The van der Waals surface area contributed by atoms with Gasteiger partial charge in [-0.25, -0.2) is 9.97 Å². The summed E-state index contributed by atoms with van der Waals surface area (Å²) in [5.41, 5.74) is 1.93. The molecular formula is C20H26N6O2. The van der Waals surface area contributed by atoms with E-state index < -0.39 is 0 Å². The predicted octanol–water partition coefficient (Wildman–Crippen LogP) is 1.24. The van der Waals surface area contributed by atoms with Crippen molar-refractivity contribution in [2.45, 2.75) is 19.4 Å². The Labute approximate surface area is 164 Å². The minimum Gasteiger partial charge on any atom is -0.378 e. The van der Waals surface area contributed by atoms with Crippen molar-refractivity contribution in [3.63, 3.8) is 0 Å². The van der Waals surface area contributed by atoms with E-state index in [1.807, 2.05) is 24.4 Å². The number of carbonyl (C=O) groups excluding carboxylic acids is 1. The molecule has 0 atom stereocenters. The third kappa shape index (κ3) is 4.39. The summed E-state index contributed by atoms with van der Waals surface area (Å²) in [5.74, 6) is 1.12. The number of carbonyl (C=O) groups is 1. The fourth-order valence-corrected chi connectivity index (χ4v) is 3.76. The van der Waals surface area contributed by atoms with Crippen LogP contribution in [0, 0.1) is 5.92 Å². The molecule has 4 heterocycles. The number of ether oxygens (including phenoxy) is 1. The Balaban J connectivity index is 1.33. The van der Waals surface area contributed by atoms with Gasteiger partial charge in [0.05, 0.1) is 37.3 Å². The third-order valence-electron chi connectivity index (χ3n) is 5.36. The van der Waals surface area contributed by atoms with Crippen LogP contribution < -0.4 is 15.1 Å². The van der Waals surface area contributed by atoms with Crippen molar-refractivity contribution < 1.29 is 9.53 Å². The smallest absolute Gasteiger partial charge is 0.223 e. The van der Waals surface area contributed by atoms with Gasteiger partial charge in [-0.15, -0.1) is 0 Å². The lowest BCUT2D eigenvalue weighted by molar-refractivity contribution is -0.125. The predicted molar refractivity (Wildman–Crippen MR) is 106 cm³/mol. The van der Waals surface area contributed by atoms with E-state index >= 15 is 0 Å². The molecule has 4 rings (SSSR count). The molecule has 0 saturated carbocycles. The Morgan fingerprint density at radius 1 is 1.11 bits per heavy atom. The van der Waals surface area contributed by atoms with Crippen LogP contribution in [0.1, 0.15) is 18.5 Å². The number of amides is 1. The summed E-state index contributed by atoms with van der Waals surface area (Å²) in [6.07, 6.45) is 6.89. The van der Waals surface area contributed by atoms with Crippen molar-refractivity contribution in [2.75, 3.05) is 49.2 Å². The zero-order valence-corrected chi connectivity index (χ0v) is 16.0. The summed E-state index contributed by atoms with van der Waals surface area (Å²) >= 11 is 0. The molecule has 0 unspecified atom stereocenters. The first-order valence-corrected chi connectivity index (χ1v) is 9.86. The van der Waals surface area contributed by atoms with Crippen molar-refractivity contribution in [1.29, 1.82) is 0 Å². The van der Waals surface area contributed by atoms with Gasteiger partial charge >= 0.3 is 0 Å². The standard InChI is InChI=1S/C20H26N6O2/c27-20(23-13-17-3-1-2-6-22-17)16-4-7-25(8-5-16)18-14-21-15-24-19(18)26-9-11-28-12-10-26/h1-3,6,14-16H,4-5,7-13H2,(H,23,27). The molecule has 0 aromatic carbocycles. The maximum Gasteiger partial charge on any atom is 0.223 e. The van der Waals surface area contributed by atoms with Gasteiger partial charge in [-0.05, 0) is 25.0 Å². The zero-order chi connectivity index (χ0) is 19.2. The second-order valence-electron chi connectivity index (χ2n) is 7.13. The molecule has 148 valence electrons. The highest BCUT2D eigenvalue weighted by atomic mass is 16.5. The molecule has 0 spiro atoms. The largest absolute Gasteiger partial charge is 0.378 e. The number of aromatic nitrogens is 3. The maximum atomic E-state index is 12.5. The van der Waals surface area contributed by atoms with Crippen molar-refractivity contribution in [3.05, 3.63) is 42.6 Å². The molecule has 2 aromatic heterocycles. The molecule has 2 fully saturated rings.